The molecule has 0 bridgehead atoms. The monoisotopic (exact) mass is 310 g/mol. The highest BCUT2D eigenvalue weighted by Gasteiger charge is 2.27. The van der Waals surface area contributed by atoms with Gasteiger partial charge in [-0.15, -0.1) is 0 Å². The molecule has 21 heavy (non-hydrogen) atoms. The number of sulfonamides is 1. The Morgan fingerprint density at radius 2 is 2.00 bits per heavy atom. The molecule has 0 saturated carbocycles. The van der Waals surface area contributed by atoms with Crippen LogP contribution in [0.1, 0.15) is 37.8 Å². The molecular weight excluding hydrogens is 292 g/mol. The van der Waals surface area contributed by atoms with Gasteiger partial charge in [-0.2, -0.15) is 5.26 Å². The van der Waals surface area contributed by atoms with Crippen molar-refractivity contribution < 1.29 is 18.3 Å². The Bertz CT molecular complexity index is 608. The SMILES string of the molecule is CCC(C#N)S(=O)(=O)NC(CCC(=O)O)c1ccccc1. The van der Waals surface area contributed by atoms with E-state index in [1.807, 2.05) is 0 Å². The van der Waals surface area contributed by atoms with Crippen molar-refractivity contribution in [2.24, 2.45) is 0 Å². The number of hydrogen-bond donors (Lipinski definition) is 2. The molecule has 0 aliphatic rings. The molecule has 2 atom stereocenters. The quantitative estimate of drug-likeness (QED) is 0.761. The summed E-state index contributed by atoms with van der Waals surface area (Å²) < 4.78 is 26.7. The van der Waals surface area contributed by atoms with Crippen LogP contribution >= 0.6 is 0 Å². The molecule has 7 heteroatoms. The predicted octanol–water partition coefficient (Wildman–Crippen LogP) is 1.81. The molecule has 0 heterocycles. The summed E-state index contributed by atoms with van der Waals surface area (Å²) in [6.45, 7) is 1.61. The smallest absolute Gasteiger partial charge is 0.303 e. The highest BCUT2D eigenvalue weighted by molar-refractivity contribution is 7.90. The van der Waals surface area contributed by atoms with E-state index in [2.05, 4.69) is 4.72 Å². The Kier molecular flexibility index (Phi) is 6.34. The number of carbonyl (C=O) groups is 1. The summed E-state index contributed by atoms with van der Waals surface area (Å²) in [6, 6.07) is 9.82. The molecule has 0 amide bonds. The zero-order chi connectivity index (χ0) is 15.9. The van der Waals surface area contributed by atoms with Crippen LogP contribution in [0.3, 0.4) is 0 Å². The zero-order valence-electron chi connectivity index (χ0n) is 11.7. The summed E-state index contributed by atoms with van der Waals surface area (Å²) in [4.78, 5) is 10.7. The van der Waals surface area contributed by atoms with Crippen LogP contribution in [0.25, 0.3) is 0 Å². The minimum absolute atomic E-state index is 0.125. The van der Waals surface area contributed by atoms with Crippen LogP contribution in [0, 0.1) is 11.3 Å². The van der Waals surface area contributed by atoms with Crippen LogP contribution in [0.5, 0.6) is 0 Å². The van der Waals surface area contributed by atoms with Crippen molar-refractivity contribution in [2.45, 2.75) is 37.5 Å². The maximum Gasteiger partial charge on any atom is 0.303 e. The molecule has 0 aromatic heterocycles. The third kappa shape index (κ3) is 5.17. The second kappa shape index (κ2) is 7.76. The fourth-order valence-electron chi connectivity index (χ4n) is 1.91. The summed E-state index contributed by atoms with van der Waals surface area (Å²) in [7, 11) is -3.82. The Morgan fingerprint density at radius 1 is 1.38 bits per heavy atom. The van der Waals surface area contributed by atoms with Crippen LogP contribution in [0.15, 0.2) is 30.3 Å². The predicted molar refractivity (Wildman–Crippen MR) is 77.8 cm³/mol. The van der Waals surface area contributed by atoms with Gasteiger partial charge >= 0.3 is 5.97 Å². The fraction of sp³-hybridized carbons (Fsp3) is 0.429. The number of hydrogen-bond acceptors (Lipinski definition) is 4. The summed E-state index contributed by atoms with van der Waals surface area (Å²) in [6.07, 6.45) is 0.137. The van der Waals surface area contributed by atoms with Gasteiger partial charge in [-0.1, -0.05) is 37.3 Å². The molecule has 6 nitrogen and oxygen atoms in total. The standard InChI is InChI=1S/C14H18N2O4S/c1-2-12(10-15)21(19,20)16-13(8-9-14(17)18)11-6-4-3-5-7-11/h3-7,12-13,16H,2,8-9H2,1H3,(H,17,18). The van der Waals surface area contributed by atoms with Crippen LogP contribution < -0.4 is 4.72 Å². The first kappa shape index (κ1) is 17.1. The van der Waals surface area contributed by atoms with Gasteiger partial charge in [0.05, 0.1) is 6.07 Å². The lowest BCUT2D eigenvalue weighted by Gasteiger charge is -2.20. The first-order chi connectivity index (χ1) is 9.90. The van der Waals surface area contributed by atoms with Gasteiger partial charge < -0.3 is 5.11 Å². The van der Waals surface area contributed by atoms with Crippen molar-refractivity contribution in [3.8, 4) is 6.07 Å². The number of aliphatic carboxylic acids is 1. The van der Waals surface area contributed by atoms with Crippen molar-refractivity contribution >= 4 is 16.0 Å². The molecule has 2 N–H and O–H groups in total. The Hall–Kier alpha value is -1.91. The van der Waals surface area contributed by atoms with E-state index in [4.69, 9.17) is 10.4 Å². The molecule has 114 valence electrons. The molecular formula is C14H18N2O4S. The maximum absolute atomic E-state index is 12.1. The zero-order valence-corrected chi connectivity index (χ0v) is 12.5. The van der Waals surface area contributed by atoms with Crippen LogP contribution in [-0.4, -0.2) is 24.7 Å². The molecule has 1 aromatic carbocycles. The molecule has 0 spiro atoms. The first-order valence-electron chi connectivity index (χ1n) is 6.58. The summed E-state index contributed by atoms with van der Waals surface area (Å²) >= 11 is 0. The van der Waals surface area contributed by atoms with Gasteiger partial charge in [0.25, 0.3) is 0 Å². The Balaban J connectivity index is 2.98. The van der Waals surface area contributed by atoms with Gasteiger partial charge in [-0.3, -0.25) is 4.79 Å². The molecule has 0 fully saturated rings. The number of nitriles is 1. The van der Waals surface area contributed by atoms with Crippen molar-refractivity contribution in [3.05, 3.63) is 35.9 Å². The van der Waals surface area contributed by atoms with Crippen LogP contribution in [0.4, 0.5) is 0 Å². The minimum Gasteiger partial charge on any atom is -0.481 e. The largest absolute Gasteiger partial charge is 0.481 e. The van der Waals surface area contributed by atoms with Crippen molar-refractivity contribution in [3.63, 3.8) is 0 Å². The Morgan fingerprint density at radius 3 is 2.48 bits per heavy atom. The normalized spacial score (nSPS) is 14.1. The van der Waals surface area contributed by atoms with E-state index < -0.39 is 27.3 Å². The molecule has 1 rings (SSSR count). The summed E-state index contributed by atoms with van der Waals surface area (Å²) in [5, 5.41) is 16.5. The molecule has 0 saturated heterocycles. The first-order valence-corrected chi connectivity index (χ1v) is 8.12. The Labute approximate surface area is 124 Å². The number of rotatable bonds is 8. The van der Waals surface area contributed by atoms with Gasteiger partial charge in [0.1, 0.15) is 0 Å². The van der Waals surface area contributed by atoms with E-state index in [1.54, 1.807) is 43.3 Å². The highest BCUT2D eigenvalue weighted by Crippen LogP contribution is 2.21. The van der Waals surface area contributed by atoms with E-state index >= 15 is 0 Å². The minimum atomic E-state index is -3.82. The van der Waals surface area contributed by atoms with E-state index in [-0.39, 0.29) is 19.3 Å². The lowest BCUT2D eigenvalue weighted by Crippen LogP contribution is -2.36. The fourth-order valence-corrected chi connectivity index (χ4v) is 3.30. The van der Waals surface area contributed by atoms with E-state index in [1.165, 1.54) is 0 Å². The van der Waals surface area contributed by atoms with E-state index in [9.17, 15) is 13.2 Å². The summed E-state index contributed by atoms with van der Waals surface area (Å²) in [5.41, 5.74) is 0.676. The van der Waals surface area contributed by atoms with Gasteiger partial charge in [-0.25, -0.2) is 13.1 Å². The molecule has 0 radical (unpaired) electrons. The van der Waals surface area contributed by atoms with E-state index in [0.29, 0.717) is 5.56 Å². The van der Waals surface area contributed by atoms with Crippen molar-refractivity contribution in [1.82, 2.24) is 4.72 Å². The number of carboxylic acids is 1. The average Bonchev–Trinajstić information content (AvgIpc) is 2.45. The molecule has 0 aliphatic heterocycles. The lowest BCUT2D eigenvalue weighted by molar-refractivity contribution is -0.137. The molecule has 0 aliphatic carbocycles. The molecule has 1 aromatic rings. The van der Waals surface area contributed by atoms with E-state index in [0.717, 1.165) is 0 Å². The molecule has 2 unspecified atom stereocenters. The highest BCUT2D eigenvalue weighted by atomic mass is 32.2. The number of nitrogens with one attached hydrogen (secondary N) is 1. The average molecular weight is 310 g/mol. The second-order valence-electron chi connectivity index (χ2n) is 4.58. The maximum atomic E-state index is 12.1. The third-order valence-electron chi connectivity index (χ3n) is 3.04. The van der Waals surface area contributed by atoms with Crippen LogP contribution in [-0.2, 0) is 14.8 Å². The van der Waals surface area contributed by atoms with Gasteiger partial charge in [0, 0.05) is 12.5 Å². The van der Waals surface area contributed by atoms with Crippen molar-refractivity contribution in [2.75, 3.05) is 0 Å². The number of nitrogens with zero attached hydrogens (tertiary/aromatic N) is 1. The van der Waals surface area contributed by atoms with Gasteiger partial charge in [-0.05, 0) is 18.4 Å². The second-order valence-corrected chi connectivity index (χ2v) is 6.48. The number of benzene rings is 1. The van der Waals surface area contributed by atoms with Gasteiger partial charge in [0.2, 0.25) is 10.0 Å². The van der Waals surface area contributed by atoms with Crippen LogP contribution in [0.2, 0.25) is 0 Å². The van der Waals surface area contributed by atoms with Gasteiger partial charge in [0.15, 0.2) is 5.25 Å². The lowest BCUT2D eigenvalue weighted by atomic mass is 10.0. The summed E-state index contributed by atoms with van der Waals surface area (Å²) in [5.74, 6) is -0.998. The third-order valence-corrected chi connectivity index (χ3v) is 4.85. The van der Waals surface area contributed by atoms with Crippen molar-refractivity contribution in [1.29, 1.82) is 5.26 Å². The topological polar surface area (TPSA) is 107 Å². The number of carboxylic acid groups (broad SMARTS) is 1.